The van der Waals surface area contributed by atoms with Crippen LogP contribution in [0.2, 0.25) is 0 Å². The zero-order valence-corrected chi connectivity index (χ0v) is 16.1. The molecule has 1 aromatic heterocycles. The van der Waals surface area contributed by atoms with Crippen LogP contribution < -0.4 is 11.2 Å². The Morgan fingerprint density at radius 2 is 1.85 bits per heavy atom. The topological polar surface area (TPSA) is 85.8 Å². The van der Waals surface area contributed by atoms with Crippen molar-refractivity contribution in [1.29, 1.82) is 0 Å². The number of halogens is 3. The summed E-state index contributed by atoms with van der Waals surface area (Å²) in [5.41, 5.74) is 2.17. The van der Waals surface area contributed by atoms with Crippen molar-refractivity contribution >= 4 is 17.7 Å². The van der Waals surface area contributed by atoms with Gasteiger partial charge in [0.2, 0.25) is 11.1 Å². The van der Waals surface area contributed by atoms with Gasteiger partial charge in [-0.05, 0) is 30.4 Å². The van der Waals surface area contributed by atoms with Gasteiger partial charge in [0.25, 0.3) is 5.82 Å². The lowest BCUT2D eigenvalue weighted by molar-refractivity contribution is -0.146. The largest absolute Gasteiger partial charge is 0.453 e. The number of nitrogens with zero attached hydrogens (tertiary/aromatic N) is 3. The van der Waals surface area contributed by atoms with Crippen LogP contribution in [0.25, 0.3) is 0 Å². The van der Waals surface area contributed by atoms with Crippen LogP contribution in [0.5, 0.6) is 0 Å². The first-order chi connectivity index (χ1) is 12.6. The van der Waals surface area contributed by atoms with E-state index in [4.69, 9.17) is 5.84 Å². The van der Waals surface area contributed by atoms with Crippen molar-refractivity contribution in [1.82, 2.24) is 20.2 Å². The summed E-state index contributed by atoms with van der Waals surface area (Å²) in [6.45, 7) is 6.13. The minimum Gasteiger partial charge on any atom is -0.349 e. The fourth-order valence-electron chi connectivity index (χ4n) is 2.48. The van der Waals surface area contributed by atoms with Gasteiger partial charge in [0.15, 0.2) is 0 Å². The molecule has 0 radical (unpaired) electrons. The third-order valence-electron chi connectivity index (χ3n) is 3.75. The van der Waals surface area contributed by atoms with Crippen molar-refractivity contribution in [3.05, 3.63) is 41.2 Å². The second-order valence-corrected chi connectivity index (χ2v) is 7.53. The third kappa shape index (κ3) is 5.88. The Labute approximate surface area is 159 Å². The maximum Gasteiger partial charge on any atom is 0.453 e. The third-order valence-corrected chi connectivity index (χ3v) is 4.69. The average Bonchev–Trinajstić information content (AvgIpc) is 2.94. The zero-order valence-electron chi connectivity index (χ0n) is 15.2. The maximum atomic E-state index is 12.6. The molecule has 6 nitrogen and oxygen atoms in total. The minimum absolute atomic E-state index is 0.122. The number of rotatable bonds is 7. The highest BCUT2D eigenvalue weighted by Gasteiger charge is 2.38. The van der Waals surface area contributed by atoms with Gasteiger partial charge < -0.3 is 11.2 Å². The van der Waals surface area contributed by atoms with E-state index in [1.165, 1.54) is 5.56 Å². The molecule has 1 heterocycles. The summed E-state index contributed by atoms with van der Waals surface area (Å²) < 4.78 is 38.2. The highest BCUT2D eigenvalue weighted by atomic mass is 32.2. The van der Waals surface area contributed by atoms with E-state index < -0.39 is 12.0 Å². The Bertz CT molecular complexity index is 774. The lowest BCUT2D eigenvalue weighted by Crippen LogP contribution is -2.28. The summed E-state index contributed by atoms with van der Waals surface area (Å²) in [6.07, 6.45) is -3.71. The summed E-state index contributed by atoms with van der Waals surface area (Å²) in [5, 5.41) is 9.01. The molecule has 0 aliphatic heterocycles. The molecule has 10 heteroatoms. The number of nitrogen functional groups attached to an aromatic ring is 1. The summed E-state index contributed by atoms with van der Waals surface area (Å²) in [6, 6.07) is 7.75. The minimum atomic E-state index is -4.70. The number of nitrogens with one attached hydrogen (secondary N) is 1. The monoisotopic (exact) mass is 401 g/mol. The standard InChI is InChI=1S/C17H22F3N5OS/c1-10(2)8-12-4-6-13(7-5-12)11(3)22-14(26)9-27-16-24-23-15(25(16)21)17(18,19)20/h4-7,10-11H,8-9,21H2,1-3H3,(H,22,26)/t11-/m1/s1. The van der Waals surface area contributed by atoms with Crippen LogP contribution in [-0.2, 0) is 17.4 Å². The molecule has 0 bridgehead atoms. The van der Waals surface area contributed by atoms with E-state index in [1.54, 1.807) is 0 Å². The van der Waals surface area contributed by atoms with Crippen LogP contribution in [-0.4, -0.2) is 26.5 Å². The van der Waals surface area contributed by atoms with Crippen molar-refractivity contribution in [3.63, 3.8) is 0 Å². The van der Waals surface area contributed by atoms with E-state index in [-0.39, 0.29) is 22.9 Å². The van der Waals surface area contributed by atoms with E-state index >= 15 is 0 Å². The summed E-state index contributed by atoms with van der Waals surface area (Å²) in [7, 11) is 0. The number of carbonyl (C=O) groups excluding carboxylic acids is 1. The second-order valence-electron chi connectivity index (χ2n) is 6.59. The summed E-state index contributed by atoms with van der Waals surface area (Å²) >= 11 is 0.791. The normalized spacial score (nSPS) is 13.0. The van der Waals surface area contributed by atoms with Crippen LogP contribution in [0.3, 0.4) is 0 Å². The van der Waals surface area contributed by atoms with Gasteiger partial charge in [-0.2, -0.15) is 13.2 Å². The Morgan fingerprint density at radius 3 is 2.37 bits per heavy atom. The molecular formula is C17H22F3N5OS. The molecule has 2 rings (SSSR count). The van der Waals surface area contributed by atoms with E-state index in [9.17, 15) is 18.0 Å². The number of carbonyl (C=O) groups is 1. The number of benzene rings is 1. The smallest absolute Gasteiger partial charge is 0.349 e. The quantitative estimate of drug-likeness (QED) is 0.550. The van der Waals surface area contributed by atoms with Crippen molar-refractivity contribution in [2.24, 2.45) is 5.92 Å². The molecule has 27 heavy (non-hydrogen) atoms. The molecule has 0 unspecified atom stereocenters. The number of amides is 1. The van der Waals surface area contributed by atoms with Gasteiger partial charge in [-0.1, -0.05) is 49.9 Å². The molecule has 0 aliphatic carbocycles. The van der Waals surface area contributed by atoms with E-state index in [0.717, 1.165) is 23.7 Å². The molecule has 0 aliphatic rings. The number of nitrogens with two attached hydrogens (primary N) is 1. The van der Waals surface area contributed by atoms with Gasteiger partial charge in [-0.25, -0.2) is 4.68 Å². The SMILES string of the molecule is CC(C)Cc1ccc([C@@H](C)NC(=O)CSc2nnc(C(F)(F)F)n2N)cc1. The molecule has 1 amide bonds. The number of thioether (sulfide) groups is 1. The van der Waals surface area contributed by atoms with E-state index in [1.807, 2.05) is 31.2 Å². The van der Waals surface area contributed by atoms with Crippen molar-refractivity contribution < 1.29 is 18.0 Å². The van der Waals surface area contributed by atoms with Gasteiger partial charge in [0.1, 0.15) is 0 Å². The van der Waals surface area contributed by atoms with Gasteiger partial charge >= 0.3 is 6.18 Å². The van der Waals surface area contributed by atoms with Crippen LogP contribution in [0.15, 0.2) is 29.4 Å². The first-order valence-electron chi connectivity index (χ1n) is 8.36. The van der Waals surface area contributed by atoms with Crippen LogP contribution in [0.4, 0.5) is 13.2 Å². The zero-order chi connectivity index (χ0) is 20.2. The molecule has 0 saturated carbocycles. The summed E-state index contributed by atoms with van der Waals surface area (Å²) in [4.78, 5) is 12.1. The highest BCUT2D eigenvalue weighted by molar-refractivity contribution is 7.99. The Balaban J connectivity index is 1.89. The van der Waals surface area contributed by atoms with Crippen LogP contribution in [0, 0.1) is 5.92 Å². The molecule has 0 spiro atoms. The lowest BCUT2D eigenvalue weighted by atomic mass is 10.00. The fraction of sp³-hybridized carbons (Fsp3) is 0.471. The first-order valence-corrected chi connectivity index (χ1v) is 9.35. The number of aromatic nitrogens is 3. The highest BCUT2D eigenvalue weighted by Crippen LogP contribution is 2.28. The number of hydrogen-bond acceptors (Lipinski definition) is 5. The van der Waals surface area contributed by atoms with Crippen molar-refractivity contribution in [3.8, 4) is 0 Å². The predicted octanol–water partition coefficient (Wildman–Crippen LogP) is 3.18. The predicted molar refractivity (Wildman–Crippen MR) is 97.4 cm³/mol. The molecule has 0 saturated heterocycles. The molecule has 2 aromatic rings. The van der Waals surface area contributed by atoms with E-state index in [0.29, 0.717) is 10.6 Å². The Hall–Kier alpha value is -2.23. The van der Waals surface area contributed by atoms with E-state index in [2.05, 4.69) is 29.4 Å². The molecule has 1 aromatic carbocycles. The number of alkyl halides is 3. The van der Waals surface area contributed by atoms with Crippen molar-refractivity contribution in [2.45, 2.75) is 44.6 Å². The molecular weight excluding hydrogens is 379 g/mol. The van der Waals surface area contributed by atoms with Gasteiger partial charge in [0, 0.05) is 0 Å². The van der Waals surface area contributed by atoms with Crippen LogP contribution in [0.1, 0.15) is 43.8 Å². The van der Waals surface area contributed by atoms with Crippen molar-refractivity contribution in [2.75, 3.05) is 11.6 Å². The molecule has 0 fully saturated rings. The molecule has 148 valence electrons. The van der Waals surface area contributed by atoms with Gasteiger partial charge in [-0.3, -0.25) is 4.79 Å². The fourth-order valence-corrected chi connectivity index (χ4v) is 3.15. The Morgan fingerprint density at radius 1 is 1.22 bits per heavy atom. The Kier molecular flexibility index (Phi) is 6.74. The lowest BCUT2D eigenvalue weighted by Gasteiger charge is -2.15. The average molecular weight is 401 g/mol. The summed E-state index contributed by atoms with van der Waals surface area (Å²) in [5.74, 6) is 4.13. The second kappa shape index (κ2) is 8.64. The first kappa shape index (κ1) is 21.1. The van der Waals surface area contributed by atoms with Gasteiger partial charge in [0.05, 0.1) is 11.8 Å². The maximum absolute atomic E-state index is 12.6. The van der Waals surface area contributed by atoms with Gasteiger partial charge in [-0.15, -0.1) is 10.2 Å². The molecule has 1 atom stereocenters. The molecule has 3 N–H and O–H groups in total. The number of hydrogen-bond donors (Lipinski definition) is 2. The van der Waals surface area contributed by atoms with Crippen LogP contribution >= 0.6 is 11.8 Å².